The van der Waals surface area contributed by atoms with Crippen molar-refractivity contribution in [3.05, 3.63) is 70.6 Å². The number of piperidine rings is 1. The van der Waals surface area contributed by atoms with Crippen LogP contribution in [0.3, 0.4) is 0 Å². The summed E-state index contributed by atoms with van der Waals surface area (Å²) in [6.45, 7) is 3.33. The number of hydrogen-bond donors (Lipinski definition) is 3. The van der Waals surface area contributed by atoms with Crippen LogP contribution in [-0.2, 0) is 22.6 Å². The van der Waals surface area contributed by atoms with E-state index in [9.17, 15) is 19.1 Å². The van der Waals surface area contributed by atoms with Crippen LogP contribution in [0.25, 0.3) is 10.9 Å². The Labute approximate surface area is 226 Å². The lowest BCUT2D eigenvalue weighted by atomic mass is 9.96. The topological polar surface area (TPSA) is 95.8 Å². The number of halogens is 2. The number of fused-ring (bicyclic) bond motifs is 1. The minimum Gasteiger partial charge on any atom is -0.383 e. The van der Waals surface area contributed by atoms with Crippen molar-refractivity contribution in [3.8, 4) is 0 Å². The molecule has 0 radical (unpaired) electrons. The predicted octanol–water partition coefficient (Wildman–Crippen LogP) is 3.34. The lowest BCUT2D eigenvalue weighted by Gasteiger charge is -2.41. The predicted molar refractivity (Wildman–Crippen MR) is 145 cm³/mol. The molecule has 3 unspecified atom stereocenters. The molecule has 3 aromatic rings. The van der Waals surface area contributed by atoms with Gasteiger partial charge in [0.15, 0.2) is 5.78 Å². The van der Waals surface area contributed by atoms with Gasteiger partial charge in [0.05, 0.1) is 24.2 Å². The number of likely N-dealkylation sites (tertiary alicyclic amines) is 1. The van der Waals surface area contributed by atoms with E-state index in [2.05, 4.69) is 10.6 Å². The molecule has 204 valence electrons. The number of para-hydroxylation sites is 1. The molecule has 2 aromatic carbocycles. The Hall–Kier alpha value is -2.82. The third kappa shape index (κ3) is 6.42. The molecule has 0 spiro atoms. The molecule has 2 heterocycles. The van der Waals surface area contributed by atoms with E-state index >= 15 is 0 Å². The fraction of sp³-hybridized carbons (Fsp3) is 0.429. The quantitative estimate of drug-likeness (QED) is 0.253. The van der Waals surface area contributed by atoms with Gasteiger partial charge in [-0.3, -0.25) is 14.5 Å². The highest BCUT2D eigenvalue weighted by Crippen LogP contribution is 2.25. The first-order valence-electron chi connectivity index (χ1n) is 12.8. The zero-order valence-electron chi connectivity index (χ0n) is 21.6. The molecular weight excluding hydrogens is 511 g/mol. The number of benzene rings is 2. The molecule has 1 fully saturated rings. The van der Waals surface area contributed by atoms with Gasteiger partial charge < -0.3 is 25.0 Å². The Morgan fingerprint density at radius 3 is 2.76 bits per heavy atom. The highest BCUT2D eigenvalue weighted by Gasteiger charge is 2.36. The molecule has 38 heavy (non-hydrogen) atoms. The summed E-state index contributed by atoms with van der Waals surface area (Å²) in [5, 5.41) is 18.5. The van der Waals surface area contributed by atoms with E-state index in [4.69, 9.17) is 16.3 Å². The molecule has 3 atom stereocenters. The molecule has 0 aliphatic carbocycles. The fourth-order valence-electron chi connectivity index (χ4n) is 5.09. The third-order valence-electron chi connectivity index (χ3n) is 7.06. The Morgan fingerprint density at radius 2 is 2.00 bits per heavy atom. The second kappa shape index (κ2) is 12.8. The van der Waals surface area contributed by atoms with E-state index in [1.807, 2.05) is 28.8 Å². The first-order chi connectivity index (χ1) is 18.3. The van der Waals surface area contributed by atoms with Crippen molar-refractivity contribution in [1.29, 1.82) is 0 Å². The number of rotatable bonds is 11. The summed E-state index contributed by atoms with van der Waals surface area (Å²) in [7, 11) is 1.64. The molecule has 1 aliphatic heterocycles. The van der Waals surface area contributed by atoms with Crippen LogP contribution in [0.1, 0.15) is 35.7 Å². The zero-order valence-corrected chi connectivity index (χ0v) is 22.4. The number of aromatic nitrogens is 1. The summed E-state index contributed by atoms with van der Waals surface area (Å²) in [4.78, 5) is 27.3. The molecule has 10 heteroatoms. The second-order valence-electron chi connectivity index (χ2n) is 9.61. The highest BCUT2D eigenvalue weighted by molar-refractivity contribution is 6.30. The van der Waals surface area contributed by atoms with Crippen LogP contribution >= 0.6 is 11.6 Å². The molecular formula is C28H34ClFN4O4. The average Bonchev–Trinajstić information content (AvgIpc) is 3.28. The number of amides is 1. The standard InChI is InChI=1S/C28H34ClFN4O4/c1-18(35)22-16-33(24-9-4-3-7-21(22)24)17-26(36)34-15-20(31-12-13-38-2)10-11-25(34)28(37)32-14-19-6-5-8-23(29)27(19)30/h3-9,16,20,25-26,31,36H,10-15,17H2,1-2H3,(H,32,37). The van der Waals surface area contributed by atoms with Gasteiger partial charge in [0.2, 0.25) is 5.91 Å². The van der Waals surface area contributed by atoms with Crippen LogP contribution in [0, 0.1) is 5.82 Å². The van der Waals surface area contributed by atoms with Gasteiger partial charge in [0, 0.05) is 61.0 Å². The normalized spacial score (nSPS) is 19.0. The van der Waals surface area contributed by atoms with Crippen LogP contribution < -0.4 is 10.6 Å². The Balaban J connectivity index is 1.53. The van der Waals surface area contributed by atoms with E-state index in [1.165, 1.54) is 13.0 Å². The smallest absolute Gasteiger partial charge is 0.237 e. The summed E-state index contributed by atoms with van der Waals surface area (Å²) in [6, 6.07) is 11.7. The Bertz CT molecular complexity index is 1280. The van der Waals surface area contributed by atoms with Gasteiger partial charge in [-0.2, -0.15) is 0 Å². The molecule has 1 amide bonds. The van der Waals surface area contributed by atoms with Crippen molar-refractivity contribution < 1.29 is 23.8 Å². The molecule has 4 rings (SSSR count). The third-order valence-corrected chi connectivity index (χ3v) is 7.35. The largest absolute Gasteiger partial charge is 0.383 e. The van der Waals surface area contributed by atoms with Crippen LogP contribution in [-0.4, -0.2) is 71.4 Å². The molecule has 3 N–H and O–H groups in total. The summed E-state index contributed by atoms with van der Waals surface area (Å²) in [5.74, 6) is -0.904. The minimum atomic E-state index is -1.00. The van der Waals surface area contributed by atoms with Crippen molar-refractivity contribution in [3.63, 3.8) is 0 Å². The SMILES string of the molecule is COCCNC1CCC(C(=O)NCc2cccc(Cl)c2F)N(C(O)Cn2cc(C(C)=O)c3ccccc32)C1. The van der Waals surface area contributed by atoms with Gasteiger partial charge in [-0.05, 0) is 31.9 Å². The van der Waals surface area contributed by atoms with Gasteiger partial charge >= 0.3 is 0 Å². The van der Waals surface area contributed by atoms with Crippen LogP contribution in [0.15, 0.2) is 48.7 Å². The lowest BCUT2D eigenvalue weighted by Crippen LogP contribution is -2.59. The van der Waals surface area contributed by atoms with Crippen molar-refractivity contribution in [2.24, 2.45) is 0 Å². The number of nitrogens with zero attached hydrogens (tertiary/aromatic N) is 2. The maximum absolute atomic E-state index is 14.3. The lowest BCUT2D eigenvalue weighted by molar-refractivity contribution is -0.136. The molecule has 0 bridgehead atoms. The van der Waals surface area contributed by atoms with Gasteiger partial charge in [-0.15, -0.1) is 0 Å². The van der Waals surface area contributed by atoms with Crippen LogP contribution in [0.2, 0.25) is 5.02 Å². The maximum Gasteiger partial charge on any atom is 0.237 e. The van der Waals surface area contributed by atoms with Crippen LogP contribution in [0.4, 0.5) is 4.39 Å². The summed E-state index contributed by atoms with van der Waals surface area (Å²) >= 11 is 5.88. The molecule has 1 aromatic heterocycles. The summed E-state index contributed by atoms with van der Waals surface area (Å²) in [6.07, 6.45) is 2.00. The number of Topliss-reactive ketones (excluding diaryl/α,β-unsaturated/α-hetero) is 1. The first-order valence-corrected chi connectivity index (χ1v) is 13.1. The van der Waals surface area contributed by atoms with E-state index in [0.717, 1.165) is 17.3 Å². The van der Waals surface area contributed by atoms with Gasteiger partial charge in [0.25, 0.3) is 0 Å². The number of methoxy groups -OCH3 is 1. The van der Waals surface area contributed by atoms with E-state index in [1.54, 1.807) is 30.3 Å². The number of aliphatic hydroxyl groups is 1. The monoisotopic (exact) mass is 544 g/mol. The van der Waals surface area contributed by atoms with Crippen molar-refractivity contribution in [1.82, 2.24) is 20.1 Å². The summed E-state index contributed by atoms with van der Waals surface area (Å²) < 4.78 is 21.3. The van der Waals surface area contributed by atoms with E-state index in [0.29, 0.717) is 37.2 Å². The van der Waals surface area contributed by atoms with Gasteiger partial charge in [-0.1, -0.05) is 41.9 Å². The minimum absolute atomic E-state index is 0.000295. The Morgan fingerprint density at radius 1 is 1.21 bits per heavy atom. The Kier molecular flexibility index (Phi) is 9.51. The molecule has 1 aliphatic rings. The zero-order chi connectivity index (χ0) is 27.2. The number of carbonyl (C=O) groups excluding carboxylic acids is 2. The molecule has 0 saturated carbocycles. The van der Waals surface area contributed by atoms with E-state index < -0.39 is 18.1 Å². The first kappa shape index (κ1) is 28.2. The van der Waals surface area contributed by atoms with Crippen molar-refractivity contribution in [2.45, 2.75) is 51.2 Å². The second-order valence-corrected chi connectivity index (χ2v) is 10.0. The van der Waals surface area contributed by atoms with Crippen molar-refractivity contribution >= 4 is 34.2 Å². The van der Waals surface area contributed by atoms with Crippen molar-refractivity contribution in [2.75, 3.05) is 26.8 Å². The van der Waals surface area contributed by atoms with Gasteiger partial charge in [-0.25, -0.2) is 4.39 Å². The summed E-state index contributed by atoms with van der Waals surface area (Å²) in [5.41, 5.74) is 1.72. The number of carbonyl (C=O) groups is 2. The number of ketones is 1. The molecule has 1 saturated heterocycles. The molecule has 8 nitrogen and oxygen atoms in total. The average molecular weight is 545 g/mol. The highest BCUT2D eigenvalue weighted by atomic mass is 35.5. The van der Waals surface area contributed by atoms with Gasteiger partial charge in [0.1, 0.15) is 12.0 Å². The number of ether oxygens (including phenoxy) is 1. The van der Waals surface area contributed by atoms with E-state index in [-0.39, 0.29) is 35.8 Å². The fourth-order valence-corrected chi connectivity index (χ4v) is 5.28. The maximum atomic E-state index is 14.3. The number of nitrogens with one attached hydrogen (secondary N) is 2. The number of aliphatic hydroxyl groups excluding tert-OH is 1. The number of hydrogen-bond acceptors (Lipinski definition) is 6. The van der Waals surface area contributed by atoms with Crippen LogP contribution in [0.5, 0.6) is 0 Å².